The van der Waals surface area contributed by atoms with Gasteiger partial charge in [-0.3, -0.25) is 4.79 Å². The van der Waals surface area contributed by atoms with Crippen LogP contribution in [0.15, 0.2) is 24.3 Å². The Morgan fingerprint density at radius 2 is 1.52 bits per heavy atom. The van der Waals surface area contributed by atoms with Crippen molar-refractivity contribution in [3.8, 4) is 5.75 Å². The maximum Gasteiger partial charge on any atom is 0.317 e. The van der Waals surface area contributed by atoms with E-state index in [9.17, 15) is 9.59 Å². The molecule has 1 aliphatic heterocycles. The molecule has 2 fully saturated rings. The van der Waals surface area contributed by atoms with Crippen molar-refractivity contribution in [3.63, 3.8) is 0 Å². The Kier molecular flexibility index (Phi) is 5.92. The number of nitrogens with zero attached hydrogens (tertiary/aromatic N) is 2. The average Bonchev–Trinajstić information content (AvgIpc) is 3.13. The van der Waals surface area contributed by atoms with Gasteiger partial charge in [0.25, 0.3) is 5.91 Å². The second kappa shape index (κ2) is 8.19. The molecule has 0 aromatic heterocycles. The van der Waals surface area contributed by atoms with Crippen LogP contribution >= 0.6 is 0 Å². The summed E-state index contributed by atoms with van der Waals surface area (Å²) in [4.78, 5) is 28.7. The van der Waals surface area contributed by atoms with E-state index in [2.05, 4.69) is 5.32 Å². The summed E-state index contributed by atoms with van der Waals surface area (Å²) in [7, 11) is 0. The number of urea groups is 1. The molecule has 1 saturated carbocycles. The Bertz CT molecular complexity index is 652. The first kappa shape index (κ1) is 19.5. The quantitative estimate of drug-likeness (QED) is 0.884. The van der Waals surface area contributed by atoms with Crippen molar-refractivity contribution in [1.29, 1.82) is 0 Å². The van der Waals surface area contributed by atoms with E-state index in [-0.39, 0.29) is 17.5 Å². The Balaban J connectivity index is 1.50. The van der Waals surface area contributed by atoms with E-state index >= 15 is 0 Å². The maximum atomic E-state index is 12.7. The van der Waals surface area contributed by atoms with Crippen molar-refractivity contribution in [2.45, 2.75) is 58.1 Å². The third-order valence-corrected chi connectivity index (χ3v) is 5.06. The molecule has 27 heavy (non-hydrogen) atoms. The van der Waals surface area contributed by atoms with Crippen LogP contribution in [0, 0.1) is 0 Å². The number of carbonyl (C=O) groups excluding carboxylic acids is 2. The fourth-order valence-electron chi connectivity index (χ4n) is 3.65. The molecule has 1 aromatic rings. The summed E-state index contributed by atoms with van der Waals surface area (Å²) >= 11 is 0. The SMILES string of the molecule is CC(C)(C)Oc1ccc(C(=O)N2CCN(C(=O)NC3CCCC3)CC2)cc1. The predicted octanol–water partition coefficient (Wildman–Crippen LogP) is 3.27. The smallest absolute Gasteiger partial charge is 0.317 e. The average molecular weight is 373 g/mol. The highest BCUT2D eigenvalue weighted by molar-refractivity contribution is 5.94. The molecule has 1 aliphatic carbocycles. The highest BCUT2D eigenvalue weighted by Crippen LogP contribution is 2.20. The van der Waals surface area contributed by atoms with E-state index in [1.165, 1.54) is 12.8 Å². The van der Waals surface area contributed by atoms with Gasteiger partial charge in [-0.15, -0.1) is 0 Å². The lowest BCUT2D eigenvalue weighted by Gasteiger charge is -2.35. The van der Waals surface area contributed by atoms with Gasteiger partial charge in [0.15, 0.2) is 0 Å². The van der Waals surface area contributed by atoms with E-state index < -0.39 is 0 Å². The molecule has 6 heteroatoms. The van der Waals surface area contributed by atoms with E-state index in [0.29, 0.717) is 37.8 Å². The van der Waals surface area contributed by atoms with Crippen molar-refractivity contribution in [2.24, 2.45) is 0 Å². The molecule has 3 amide bonds. The number of benzene rings is 1. The van der Waals surface area contributed by atoms with Gasteiger partial charge in [-0.25, -0.2) is 4.79 Å². The lowest BCUT2D eigenvalue weighted by Crippen LogP contribution is -2.54. The third-order valence-electron chi connectivity index (χ3n) is 5.06. The molecule has 0 atom stereocenters. The van der Waals surface area contributed by atoms with Gasteiger partial charge in [0, 0.05) is 37.8 Å². The van der Waals surface area contributed by atoms with Gasteiger partial charge in [-0.05, 0) is 57.9 Å². The minimum Gasteiger partial charge on any atom is -0.488 e. The molecule has 3 rings (SSSR count). The van der Waals surface area contributed by atoms with Crippen LogP contribution in [0.4, 0.5) is 4.79 Å². The largest absolute Gasteiger partial charge is 0.488 e. The van der Waals surface area contributed by atoms with Crippen molar-refractivity contribution < 1.29 is 14.3 Å². The molecule has 2 aliphatic rings. The van der Waals surface area contributed by atoms with Gasteiger partial charge in [0.05, 0.1) is 0 Å². The number of rotatable bonds is 3. The highest BCUT2D eigenvalue weighted by atomic mass is 16.5. The molecular weight excluding hydrogens is 342 g/mol. The van der Waals surface area contributed by atoms with Gasteiger partial charge in [-0.2, -0.15) is 0 Å². The molecule has 0 unspecified atom stereocenters. The van der Waals surface area contributed by atoms with Crippen LogP contribution in [-0.2, 0) is 0 Å². The normalized spacial score (nSPS) is 18.5. The topological polar surface area (TPSA) is 61.9 Å². The van der Waals surface area contributed by atoms with Gasteiger partial charge in [0.2, 0.25) is 0 Å². The Hall–Kier alpha value is -2.24. The Morgan fingerprint density at radius 3 is 2.07 bits per heavy atom. The zero-order valence-electron chi connectivity index (χ0n) is 16.7. The molecule has 148 valence electrons. The number of hydrogen-bond donors (Lipinski definition) is 1. The van der Waals surface area contributed by atoms with Gasteiger partial charge in [-0.1, -0.05) is 12.8 Å². The standard InChI is InChI=1S/C21H31N3O3/c1-21(2,3)27-18-10-8-16(9-11-18)19(25)23-12-14-24(15-13-23)20(26)22-17-6-4-5-7-17/h8-11,17H,4-7,12-15H2,1-3H3,(H,22,26). The van der Waals surface area contributed by atoms with E-state index in [4.69, 9.17) is 4.74 Å². The molecule has 1 saturated heterocycles. The summed E-state index contributed by atoms with van der Waals surface area (Å²) in [6.45, 7) is 8.27. The molecule has 6 nitrogen and oxygen atoms in total. The minimum atomic E-state index is -0.263. The Morgan fingerprint density at radius 1 is 0.963 bits per heavy atom. The van der Waals surface area contributed by atoms with Crippen LogP contribution in [0.1, 0.15) is 56.8 Å². The molecular formula is C21H31N3O3. The van der Waals surface area contributed by atoms with E-state index in [1.807, 2.05) is 54.8 Å². The lowest BCUT2D eigenvalue weighted by atomic mass is 10.1. The van der Waals surface area contributed by atoms with E-state index in [1.54, 1.807) is 0 Å². The number of carbonyl (C=O) groups is 2. The summed E-state index contributed by atoms with van der Waals surface area (Å²) in [5.41, 5.74) is 0.390. The van der Waals surface area contributed by atoms with E-state index in [0.717, 1.165) is 18.6 Å². The summed E-state index contributed by atoms with van der Waals surface area (Å²) < 4.78 is 5.80. The van der Waals surface area contributed by atoms with Gasteiger partial charge < -0.3 is 19.9 Å². The zero-order chi connectivity index (χ0) is 19.4. The molecule has 0 radical (unpaired) electrons. The van der Waals surface area contributed by atoms with Gasteiger partial charge >= 0.3 is 6.03 Å². The number of hydrogen-bond acceptors (Lipinski definition) is 3. The van der Waals surface area contributed by atoms with Gasteiger partial charge in [0.1, 0.15) is 11.4 Å². The van der Waals surface area contributed by atoms with Crippen LogP contribution in [0.2, 0.25) is 0 Å². The predicted molar refractivity (Wildman–Crippen MR) is 105 cm³/mol. The number of nitrogens with one attached hydrogen (secondary N) is 1. The molecule has 0 bridgehead atoms. The molecule has 1 N–H and O–H groups in total. The molecule has 0 spiro atoms. The summed E-state index contributed by atoms with van der Waals surface area (Å²) in [5.74, 6) is 0.764. The van der Waals surface area contributed by atoms with Crippen LogP contribution < -0.4 is 10.1 Å². The second-order valence-electron chi connectivity index (χ2n) is 8.45. The fourth-order valence-corrected chi connectivity index (χ4v) is 3.65. The van der Waals surface area contributed by atoms with Crippen LogP contribution in [-0.4, -0.2) is 59.6 Å². The number of ether oxygens (including phenoxy) is 1. The summed E-state index contributed by atoms with van der Waals surface area (Å²) in [5, 5.41) is 3.12. The van der Waals surface area contributed by atoms with Crippen molar-refractivity contribution in [2.75, 3.05) is 26.2 Å². The molecule has 1 heterocycles. The van der Waals surface area contributed by atoms with Crippen LogP contribution in [0.25, 0.3) is 0 Å². The van der Waals surface area contributed by atoms with Crippen molar-refractivity contribution in [1.82, 2.24) is 15.1 Å². The molecule has 1 aromatic carbocycles. The highest BCUT2D eigenvalue weighted by Gasteiger charge is 2.27. The van der Waals surface area contributed by atoms with Crippen LogP contribution in [0.5, 0.6) is 5.75 Å². The monoisotopic (exact) mass is 373 g/mol. The second-order valence-corrected chi connectivity index (χ2v) is 8.45. The fraction of sp³-hybridized carbons (Fsp3) is 0.619. The first-order valence-corrected chi connectivity index (χ1v) is 9.96. The summed E-state index contributed by atoms with van der Waals surface area (Å²) in [6.07, 6.45) is 4.57. The van der Waals surface area contributed by atoms with Crippen molar-refractivity contribution >= 4 is 11.9 Å². The summed E-state index contributed by atoms with van der Waals surface area (Å²) in [6, 6.07) is 7.63. The zero-order valence-corrected chi connectivity index (χ0v) is 16.7. The Labute approximate surface area is 161 Å². The minimum absolute atomic E-state index is 0.00756. The number of amides is 3. The lowest BCUT2D eigenvalue weighted by molar-refractivity contribution is 0.0663. The van der Waals surface area contributed by atoms with Crippen molar-refractivity contribution in [3.05, 3.63) is 29.8 Å². The van der Waals surface area contributed by atoms with Crippen LogP contribution in [0.3, 0.4) is 0 Å². The third kappa shape index (κ3) is 5.37. The first-order chi connectivity index (χ1) is 12.8. The first-order valence-electron chi connectivity index (χ1n) is 9.96. The number of piperazine rings is 1. The maximum absolute atomic E-state index is 12.7.